The molecule has 0 saturated carbocycles. The van der Waals surface area contributed by atoms with Crippen molar-refractivity contribution in [2.75, 3.05) is 5.73 Å². The fourth-order valence-electron chi connectivity index (χ4n) is 1.93. The van der Waals surface area contributed by atoms with E-state index in [0.29, 0.717) is 23.0 Å². The number of nitrogens with two attached hydrogens (primary N) is 1. The quantitative estimate of drug-likeness (QED) is 0.908. The van der Waals surface area contributed by atoms with E-state index in [-0.39, 0.29) is 11.9 Å². The molecule has 6 heteroatoms. The third kappa shape index (κ3) is 2.94. The van der Waals surface area contributed by atoms with Crippen molar-refractivity contribution in [3.05, 3.63) is 29.5 Å². The van der Waals surface area contributed by atoms with E-state index in [1.165, 1.54) is 6.07 Å². The van der Waals surface area contributed by atoms with Crippen molar-refractivity contribution in [1.29, 1.82) is 0 Å². The highest BCUT2D eigenvalue weighted by molar-refractivity contribution is 5.82. The fourth-order valence-corrected chi connectivity index (χ4v) is 1.93. The van der Waals surface area contributed by atoms with Crippen LogP contribution in [0.15, 0.2) is 18.2 Å². The van der Waals surface area contributed by atoms with E-state index in [2.05, 4.69) is 9.97 Å². The molecule has 0 amide bonds. The Kier molecular flexibility index (Phi) is 3.34. The van der Waals surface area contributed by atoms with Gasteiger partial charge in [0.25, 0.3) is 0 Å². The second-order valence-electron chi connectivity index (χ2n) is 4.86. The van der Waals surface area contributed by atoms with Crippen LogP contribution in [0.5, 0.6) is 0 Å². The minimum absolute atomic E-state index is 0.0860. The van der Waals surface area contributed by atoms with Crippen LogP contribution in [0.25, 0.3) is 10.9 Å². The normalized spacial score (nSPS) is 12.3. The molecular weight excluding hydrogens is 255 g/mol. The number of aromatic nitrogens is 2. The van der Waals surface area contributed by atoms with E-state index in [1.54, 1.807) is 0 Å². The van der Waals surface area contributed by atoms with E-state index in [9.17, 15) is 13.2 Å². The summed E-state index contributed by atoms with van der Waals surface area (Å²) in [5, 5.41) is 0.415. The number of alkyl halides is 3. The summed E-state index contributed by atoms with van der Waals surface area (Å²) in [6.07, 6.45) is -3.81. The van der Waals surface area contributed by atoms with Crippen molar-refractivity contribution in [3.8, 4) is 0 Å². The molecule has 0 saturated heterocycles. The number of benzene rings is 1. The van der Waals surface area contributed by atoms with Gasteiger partial charge < -0.3 is 5.73 Å². The maximum atomic E-state index is 12.7. The van der Waals surface area contributed by atoms with Crippen LogP contribution < -0.4 is 5.73 Å². The molecule has 3 nitrogen and oxygen atoms in total. The summed E-state index contributed by atoms with van der Waals surface area (Å²) in [5.41, 5.74) is 5.88. The molecule has 0 fully saturated rings. The Morgan fingerprint density at radius 3 is 2.47 bits per heavy atom. The number of nitrogens with zero attached hydrogens (tertiary/aromatic N) is 2. The van der Waals surface area contributed by atoms with E-state index in [0.717, 1.165) is 12.1 Å². The van der Waals surface area contributed by atoms with Gasteiger partial charge in [-0.2, -0.15) is 13.2 Å². The van der Waals surface area contributed by atoms with E-state index >= 15 is 0 Å². The molecule has 0 unspecified atom stereocenters. The highest BCUT2D eigenvalue weighted by Crippen LogP contribution is 2.32. The van der Waals surface area contributed by atoms with Crippen molar-refractivity contribution in [2.24, 2.45) is 5.92 Å². The molecular formula is C13H14F3N3. The Bertz CT molecular complexity index is 606. The van der Waals surface area contributed by atoms with Crippen molar-refractivity contribution in [2.45, 2.75) is 26.4 Å². The Balaban J connectivity index is 2.65. The number of rotatable bonds is 2. The molecule has 0 radical (unpaired) electrons. The molecule has 0 atom stereocenters. The van der Waals surface area contributed by atoms with Crippen LogP contribution in [0.1, 0.15) is 25.1 Å². The third-order valence-electron chi connectivity index (χ3n) is 2.72. The predicted molar refractivity (Wildman–Crippen MR) is 67.5 cm³/mol. The molecule has 1 heterocycles. The summed E-state index contributed by atoms with van der Waals surface area (Å²) in [7, 11) is 0. The van der Waals surface area contributed by atoms with Gasteiger partial charge in [-0.25, -0.2) is 9.97 Å². The summed E-state index contributed by atoms with van der Waals surface area (Å²) in [5.74, 6) is 0.356. The molecule has 2 aromatic rings. The van der Waals surface area contributed by atoms with Gasteiger partial charge in [0.1, 0.15) is 0 Å². The first-order valence-corrected chi connectivity index (χ1v) is 5.90. The molecule has 1 aromatic carbocycles. The molecule has 0 aliphatic rings. The number of fused-ring (bicyclic) bond motifs is 1. The highest BCUT2D eigenvalue weighted by Gasteiger charge is 2.30. The SMILES string of the molecule is CC(C)Cc1nc(N)nc2ccc(C(F)(F)F)cc12. The summed E-state index contributed by atoms with van der Waals surface area (Å²) in [6.45, 7) is 3.94. The van der Waals surface area contributed by atoms with Crippen molar-refractivity contribution < 1.29 is 13.2 Å². The van der Waals surface area contributed by atoms with Crippen LogP contribution in [-0.4, -0.2) is 9.97 Å². The maximum Gasteiger partial charge on any atom is 0.416 e. The predicted octanol–water partition coefficient (Wildman–Crippen LogP) is 3.43. The maximum absolute atomic E-state index is 12.7. The zero-order chi connectivity index (χ0) is 14.2. The molecule has 1 aromatic heterocycles. The second kappa shape index (κ2) is 4.68. The monoisotopic (exact) mass is 269 g/mol. The number of hydrogen-bond acceptors (Lipinski definition) is 3. The summed E-state index contributed by atoms with van der Waals surface area (Å²) in [4.78, 5) is 8.03. The molecule has 19 heavy (non-hydrogen) atoms. The van der Waals surface area contributed by atoms with E-state index in [4.69, 9.17) is 5.73 Å². The van der Waals surface area contributed by atoms with Gasteiger partial charge in [0.05, 0.1) is 16.8 Å². The molecule has 0 bridgehead atoms. The molecule has 2 rings (SSSR count). The number of anilines is 1. The lowest BCUT2D eigenvalue weighted by molar-refractivity contribution is -0.137. The van der Waals surface area contributed by atoms with Gasteiger partial charge in [-0.15, -0.1) is 0 Å². The van der Waals surface area contributed by atoms with Crippen LogP contribution in [0.3, 0.4) is 0 Å². The molecule has 2 N–H and O–H groups in total. The first kappa shape index (κ1) is 13.6. The Hall–Kier alpha value is -1.85. The van der Waals surface area contributed by atoms with Crippen LogP contribution >= 0.6 is 0 Å². The highest BCUT2D eigenvalue weighted by atomic mass is 19.4. The summed E-state index contributed by atoms with van der Waals surface area (Å²) in [6, 6.07) is 3.43. The van der Waals surface area contributed by atoms with Crippen molar-refractivity contribution >= 4 is 16.9 Å². The average Bonchev–Trinajstić information content (AvgIpc) is 2.26. The Labute approximate surface area is 108 Å². The number of nitrogen functional groups attached to an aromatic ring is 1. The largest absolute Gasteiger partial charge is 0.416 e. The first-order chi connectivity index (χ1) is 8.77. The zero-order valence-corrected chi connectivity index (χ0v) is 10.6. The topological polar surface area (TPSA) is 51.8 Å². The first-order valence-electron chi connectivity index (χ1n) is 5.90. The smallest absolute Gasteiger partial charge is 0.368 e. The van der Waals surface area contributed by atoms with Crippen LogP contribution in [0.2, 0.25) is 0 Å². The van der Waals surface area contributed by atoms with Gasteiger partial charge in [0.15, 0.2) is 0 Å². The van der Waals surface area contributed by atoms with Crippen LogP contribution in [0.4, 0.5) is 19.1 Å². The van der Waals surface area contributed by atoms with Crippen LogP contribution in [0, 0.1) is 5.92 Å². The number of halogens is 3. The van der Waals surface area contributed by atoms with Gasteiger partial charge in [-0.05, 0) is 30.5 Å². The van der Waals surface area contributed by atoms with Gasteiger partial charge in [-0.3, -0.25) is 0 Å². The minimum Gasteiger partial charge on any atom is -0.368 e. The molecule has 0 aliphatic carbocycles. The molecule has 0 spiro atoms. The number of hydrogen-bond donors (Lipinski definition) is 1. The average molecular weight is 269 g/mol. The van der Waals surface area contributed by atoms with Crippen LogP contribution in [-0.2, 0) is 12.6 Å². The Morgan fingerprint density at radius 2 is 1.89 bits per heavy atom. The van der Waals surface area contributed by atoms with Crippen molar-refractivity contribution in [3.63, 3.8) is 0 Å². The summed E-state index contributed by atoms with van der Waals surface area (Å²) < 4.78 is 38.2. The Morgan fingerprint density at radius 1 is 1.21 bits per heavy atom. The van der Waals surface area contributed by atoms with E-state index < -0.39 is 11.7 Å². The fraction of sp³-hybridized carbons (Fsp3) is 0.385. The third-order valence-corrected chi connectivity index (χ3v) is 2.72. The lowest BCUT2D eigenvalue weighted by Gasteiger charge is -2.11. The standard InChI is InChI=1S/C13H14F3N3/c1-7(2)5-11-9-6-8(13(14,15)16)3-4-10(9)18-12(17)19-11/h3-4,6-7H,5H2,1-2H3,(H2,17,18,19). The summed E-state index contributed by atoms with van der Waals surface area (Å²) >= 11 is 0. The van der Waals surface area contributed by atoms with Gasteiger partial charge in [-0.1, -0.05) is 13.8 Å². The second-order valence-corrected chi connectivity index (χ2v) is 4.86. The van der Waals surface area contributed by atoms with E-state index in [1.807, 2.05) is 13.8 Å². The van der Waals surface area contributed by atoms with Gasteiger partial charge in [0, 0.05) is 5.39 Å². The molecule has 102 valence electrons. The zero-order valence-electron chi connectivity index (χ0n) is 10.6. The van der Waals surface area contributed by atoms with Crippen molar-refractivity contribution in [1.82, 2.24) is 9.97 Å². The minimum atomic E-state index is -4.37. The van der Waals surface area contributed by atoms with Gasteiger partial charge >= 0.3 is 6.18 Å². The lowest BCUT2D eigenvalue weighted by Crippen LogP contribution is -2.07. The van der Waals surface area contributed by atoms with Gasteiger partial charge in [0.2, 0.25) is 5.95 Å². The molecule has 0 aliphatic heterocycles. The lowest BCUT2D eigenvalue weighted by atomic mass is 10.0.